The molecule has 1 amide bonds. The fourth-order valence-corrected chi connectivity index (χ4v) is 3.26. The molecule has 2 fully saturated rings. The van der Waals surface area contributed by atoms with Gasteiger partial charge >= 0.3 is 0 Å². The average molecular weight is 350 g/mol. The van der Waals surface area contributed by atoms with Gasteiger partial charge in [0.25, 0.3) is 5.92 Å². The molecule has 3 rings (SSSR count). The lowest BCUT2D eigenvalue weighted by atomic mass is 9.96. The summed E-state index contributed by atoms with van der Waals surface area (Å²) in [4.78, 5) is 19.9. The quantitative estimate of drug-likeness (QED) is 0.823. The number of rotatable bonds is 2. The van der Waals surface area contributed by atoms with Gasteiger partial charge in [-0.1, -0.05) is 23.2 Å². The maximum Gasteiger partial charge on any atom is 0.251 e. The van der Waals surface area contributed by atoms with E-state index in [0.29, 0.717) is 29.0 Å². The molecule has 0 saturated carbocycles. The smallest absolute Gasteiger partial charge is 0.251 e. The monoisotopic (exact) mass is 349 g/mol. The Morgan fingerprint density at radius 2 is 1.91 bits per heavy atom. The summed E-state index contributed by atoms with van der Waals surface area (Å²) < 4.78 is 26.2. The van der Waals surface area contributed by atoms with E-state index in [0.717, 1.165) is 0 Å². The van der Waals surface area contributed by atoms with Crippen molar-refractivity contribution in [3.05, 3.63) is 22.3 Å². The summed E-state index contributed by atoms with van der Waals surface area (Å²) in [5.41, 5.74) is 0. The second-order valence-electron chi connectivity index (χ2n) is 5.74. The molecule has 0 spiro atoms. The van der Waals surface area contributed by atoms with Crippen LogP contribution in [0, 0.1) is 5.92 Å². The Balaban J connectivity index is 1.56. The highest BCUT2D eigenvalue weighted by atomic mass is 35.5. The van der Waals surface area contributed by atoms with Crippen LogP contribution in [0.3, 0.4) is 0 Å². The van der Waals surface area contributed by atoms with Gasteiger partial charge in [0, 0.05) is 45.2 Å². The van der Waals surface area contributed by atoms with Crippen molar-refractivity contribution in [2.24, 2.45) is 5.92 Å². The molecule has 2 saturated heterocycles. The number of hydrogen-bond acceptors (Lipinski definition) is 3. The molecule has 22 heavy (non-hydrogen) atoms. The summed E-state index contributed by atoms with van der Waals surface area (Å²) >= 11 is 11.9. The van der Waals surface area contributed by atoms with Crippen LogP contribution in [0.25, 0.3) is 0 Å². The number of carbonyl (C=O) groups excluding carboxylic acids is 1. The number of anilines is 1. The minimum absolute atomic E-state index is 0.0585. The molecule has 3 heterocycles. The zero-order valence-corrected chi connectivity index (χ0v) is 13.2. The second-order valence-corrected chi connectivity index (χ2v) is 6.59. The van der Waals surface area contributed by atoms with Gasteiger partial charge in [0.05, 0.1) is 16.0 Å². The first kappa shape index (κ1) is 15.7. The number of nitrogens with zero attached hydrogens (tertiary/aromatic N) is 3. The highest BCUT2D eigenvalue weighted by molar-refractivity contribution is 6.36. The first-order valence-corrected chi connectivity index (χ1v) is 7.84. The van der Waals surface area contributed by atoms with Gasteiger partial charge in [-0.3, -0.25) is 4.79 Å². The number of carbonyl (C=O) groups is 1. The Morgan fingerprint density at radius 1 is 1.27 bits per heavy atom. The van der Waals surface area contributed by atoms with Crippen LogP contribution in [0.15, 0.2) is 12.3 Å². The number of alkyl halides is 2. The Labute approximate surface area is 137 Å². The summed E-state index contributed by atoms with van der Waals surface area (Å²) in [6.07, 6.45) is 1.00. The van der Waals surface area contributed by atoms with Gasteiger partial charge in [-0.05, 0) is 6.07 Å². The van der Waals surface area contributed by atoms with Crippen molar-refractivity contribution in [1.82, 2.24) is 9.88 Å². The van der Waals surface area contributed by atoms with E-state index in [1.165, 1.54) is 11.1 Å². The van der Waals surface area contributed by atoms with Crippen molar-refractivity contribution in [3.63, 3.8) is 0 Å². The molecule has 2 aliphatic rings. The topological polar surface area (TPSA) is 36.4 Å². The maximum atomic E-state index is 13.1. The van der Waals surface area contributed by atoms with Gasteiger partial charge in [0.2, 0.25) is 5.91 Å². The van der Waals surface area contributed by atoms with Gasteiger partial charge in [-0.2, -0.15) is 0 Å². The third kappa shape index (κ3) is 3.13. The van der Waals surface area contributed by atoms with E-state index in [4.69, 9.17) is 23.2 Å². The van der Waals surface area contributed by atoms with Crippen LogP contribution in [0.2, 0.25) is 10.0 Å². The van der Waals surface area contributed by atoms with E-state index >= 15 is 0 Å². The molecule has 0 unspecified atom stereocenters. The van der Waals surface area contributed by atoms with Crippen LogP contribution in [0.5, 0.6) is 0 Å². The number of hydrogen-bond donors (Lipinski definition) is 0. The number of aromatic nitrogens is 1. The SMILES string of the molecule is O=C(C1CN(c2ncc(Cl)cc2Cl)C1)N1CCC(F)(F)CC1. The first-order valence-electron chi connectivity index (χ1n) is 7.08. The van der Waals surface area contributed by atoms with Crippen LogP contribution in [-0.2, 0) is 4.79 Å². The van der Waals surface area contributed by atoms with Gasteiger partial charge in [-0.25, -0.2) is 13.8 Å². The summed E-state index contributed by atoms with van der Waals surface area (Å²) in [6, 6.07) is 1.60. The molecule has 1 aromatic rings. The normalized spacial score (nSPS) is 21.6. The lowest BCUT2D eigenvalue weighted by Crippen LogP contribution is -2.56. The molecule has 120 valence electrons. The van der Waals surface area contributed by atoms with Crippen molar-refractivity contribution < 1.29 is 13.6 Å². The molecule has 0 atom stereocenters. The van der Waals surface area contributed by atoms with Crippen molar-refractivity contribution in [1.29, 1.82) is 0 Å². The Morgan fingerprint density at radius 3 is 2.50 bits per heavy atom. The molecule has 0 N–H and O–H groups in total. The van der Waals surface area contributed by atoms with Gasteiger partial charge < -0.3 is 9.80 Å². The van der Waals surface area contributed by atoms with Gasteiger partial charge in [0.15, 0.2) is 0 Å². The zero-order valence-electron chi connectivity index (χ0n) is 11.7. The van der Waals surface area contributed by atoms with Gasteiger partial charge in [-0.15, -0.1) is 0 Å². The Hall–Kier alpha value is -1.14. The van der Waals surface area contributed by atoms with Crippen molar-refractivity contribution in [2.75, 3.05) is 31.1 Å². The maximum absolute atomic E-state index is 13.1. The number of piperidine rings is 1. The van der Waals surface area contributed by atoms with Crippen LogP contribution < -0.4 is 4.90 Å². The number of halogens is 4. The van der Waals surface area contributed by atoms with E-state index in [2.05, 4.69) is 4.98 Å². The summed E-state index contributed by atoms with van der Waals surface area (Å²) in [5, 5.41) is 0.896. The van der Waals surface area contributed by atoms with Crippen LogP contribution >= 0.6 is 23.2 Å². The molecule has 1 aromatic heterocycles. The summed E-state index contributed by atoms with van der Waals surface area (Å²) in [7, 11) is 0. The largest absolute Gasteiger partial charge is 0.354 e. The molecular formula is C14H15Cl2F2N3O. The molecule has 0 radical (unpaired) electrons. The molecule has 0 bridgehead atoms. The lowest BCUT2D eigenvalue weighted by molar-refractivity contribution is -0.142. The average Bonchev–Trinajstić information content (AvgIpc) is 2.39. The predicted octanol–water partition coefficient (Wildman–Crippen LogP) is 3.08. The highest BCUT2D eigenvalue weighted by Crippen LogP contribution is 2.33. The third-order valence-corrected chi connectivity index (χ3v) is 4.61. The van der Waals surface area contributed by atoms with E-state index < -0.39 is 5.92 Å². The molecule has 0 aromatic carbocycles. The van der Waals surface area contributed by atoms with E-state index in [9.17, 15) is 13.6 Å². The standard InChI is InChI=1S/C14H15Cl2F2N3O/c15-10-5-11(16)12(19-6-10)21-7-9(8-21)13(22)20-3-1-14(17,18)2-4-20/h5-6,9H,1-4,7-8H2. The summed E-state index contributed by atoms with van der Waals surface area (Å²) in [6.45, 7) is 1.25. The number of pyridine rings is 1. The molecule has 0 aliphatic carbocycles. The Kier molecular flexibility index (Phi) is 4.16. The van der Waals surface area contributed by atoms with Crippen LogP contribution in [-0.4, -0.2) is 47.9 Å². The lowest BCUT2D eigenvalue weighted by Gasteiger charge is -2.43. The highest BCUT2D eigenvalue weighted by Gasteiger charge is 2.41. The van der Waals surface area contributed by atoms with Gasteiger partial charge in [0.1, 0.15) is 5.82 Å². The molecule has 4 nitrogen and oxygen atoms in total. The first-order chi connectivity index (χ1) is 10.4. The molecule has 8 heteroatoms. The second kappa shape index (κ2) is 5.81. The zero-order chi connectivity index (χ0) is 15.9. The minimum Gasteiger partial charge on any atom is -0.354 e. The van der Waals surface area contributed by atoms with E-state index in [1.54, 1.807) is 6.07 Å². The summed E-state index contributed by atoms with van der Waals surface area (Å²) in [5.74, 6) is -2.28. The number of likely N-dealkylation sites (tertiary alicyclic amines) is 1. The molecule has 2 aliphatic heterocycles. The molecular weight excluding hydrogens is 335 g/mol. The minimum atomic E-state index is -2.64. The van der Waals surface area contributed by atoms with Crippen molar-refractivity contribution >= 4 is 34.9 Å². The van der Waals surface area contributed by atoms with E-state index in [1.807, 2.05) is 4.90 Å². The van der Waals surface area contributed by atoms with E-state index in [-0.39, 0.29) is 37.8 Å². The van der Waals surface area contributed by atoms with Crippen LogP contribution in [0.1, 0.15) is 12.8 Å². The fourth-order valence-electron chi connectivity index (χ4n) is 2.76. The third-order valence-electron chi connectivity index (χ3n) is 4.13. The van der Waals surface area contributed by atoms with Crippen molar-refractivity contribution in [2.45, 2.75) is 18.8 Å². The van der Waals surface area contributed by atoms with Crippen LogP contribution in [0.4, 0.5) is 14.6 Å². The van der Waals surface area contributed by atoms with Crippen molar-refractivity contribution in [3.8, 4) is 0 Å². The Bertz CT molecular complexity index is 583. The number of amides is 1. The predicted molar refractivity (Wildman–Crippen MR) is 80.7 cm³/mol. The fraction of sp³-hybridized carbons (Fsp3) is 0.571.